The first-order valence-electron chi connectivity index (χ1n) is 12.6. The third kappa shape index (κ3) is 4.09. The van der Waals surface area contributed by atoms with E-state index >= 15 is 0 Å². The van der Waals surface area contributed by atoms with E-state index in [4.69, 9.17) is 14.2 Å². The molecule has 3 atom stereocenters. The van der Waals surface area contributed by atoms with Gasteiger partial charge in [-0.3, -0.25) is 19.1 Å². The quantitative estimate of drug-likeness (QED) is 0.354. The van der Waals surface area contributed by atoms with Crippen molar-refractivity contribution >= 4 is 23.3 Å². The molecular weight excluding hydrogens is 492 g/mol. The van der Waals surface area contributed by atoms with E-state index in [1.807, 2.05) is 6.92 Å². The van der Waals surface area contributed by atoms with Gasteiger partial charge in [0.05, 0.1) is 36.1 Å². The lowest BCUT2D eigenvalue weighted by Gasteiger charge is -2.24. The third-order valence-electron chi connectivity index (χ3n) is 6.91. The van der Waals surface area contributed by atoms with Crippen LogP contribution in [0, 0.1) is 0 Å². The number of benzene rings is 2. The van der Waals surface area contributed by atoms with Crippen molar-refractivity contribution in [2.45, 2.75) is 44.6 Å². The summed E-state index contributed by atoms with van der Waals surface area (Å²) in [6.45, 7) is 2.14. The van der Waals surface area contributed by atoms with Gasteiger partial charge in [0.15, 0.2) is 17.3 Å². The van der Waals surface area contributed by atoms with Crippen LogP contribution in [-0.4, -0.2) is 56.7 Å². The molecule has 3 unspecified atom stereocenters. The molecule has 2 N–H and O–H groups in total. The van der Waals surface area contributed by atoms with Crippen molar-refractivity contribution < 1.29 is 28.9 Å². The Labute approximate surface area is 217 Å². The fourth-order valence-electron chi connectivity index (χ4n) is 5.02. The molecule has 4 heterocycles. The van der Waals surface area contributed by atoms with Crippen molar-refractivity contribution in [3.05, 3.63) is 70.3 Å². The highest BCUT2D eigenvalue weighted by Crippen LogP contribution is 2.45. The molecule has 6 rings (SSSR count). The number of amides is 2. The van der Waals surface area contributed by atoms with Crippen molar-refractivity contribution in [2.75, 3.05) is 18.5 Å². The second-order valence-electron chi connectivity index (χ2n) is 9.38. The minimum atomic E-state index is -0.650. The molecule has 1 saturated heterocycles. The van der Waals surface area contributed by atoms with Gasteiger partial charge >= 0.3 is 5.69 Å². The Morgan fingerprint density at radius 3 is 2.58 bits per heavy atom. The maximum atomic E-state index is 12.8. The number of imide groups is 1. The standard InChI is InChI=1S/C27H26N4O7/c1-2-6-18-17(32)13-22(38-18)31-14-21-24(29-27(31)35)28-23-19(9-5-10-20(23)37-21)36-12-11-30-25(33)15-7-3-4-8-16(15)26(30)34/h3-5,7-10,14,17-18,22,32H,2,6,11-13H2,1H3,(H,28,29,35). The molecule has 0 bridgehead atoms. The number of aliphatic hydroxyl groups is 1. The summed E-state index contributed by atoms with van der Waals surface area (Å²) in [5.41, 5.74) is 0.706. The number of aliphatic hydroxyl groups excluding tert-OH is 1. The summed E-state index contributed by atoms with van der Waals surface area (Å²) in [6.07, 6.45) is 1.77. The van der Waals surface area contributed by atoms with Crippen LogP contribution >= 0.6 is 0 Å². The van der Waals surface area contributed by atoms with Crippen LogP contribution in [0.3, 0.4) is 0 Å². The van der Waals surface area contributed by atoms with Crippen molar-refractivity contribution in [3.8, 4) is 17.2 Å². The van der Waals surface area contributed by atoms with Crippen LogP contribution in [0.2, 0.25) is 0 Å². The van der Waals surface area contributed by atoms with Crippen LogP contribution in [0.5, 0.6) is 17.2 Å². The molecule has 0 aliphatic carbocycles. The van der Waals surface area contributed by atoms with Gasteiger partial charge < -0.3 is 24.6 Å². The van der Waals surface area contributed by atoms with Crippen molar-refractivity contribution in [1.29, 1.82) is 0 Å². The maximum absolute atomic E-state index is 12.8. The lowest BCUT2D eigenvalue weighted by atomic mass is 10.1. The Kier molecular flexibility index (Phi) is 6.09. The minimum absolute atomic E-state index is 0.0613. The number of carbonyl (C=O) groups is 2. The van der Waals surface area contributed by atoms with E-state index in [9.17, 15) is 19.5 Å². The molecule has 3 aromatic rings. The van der Waals surface area contributed by atoms with Crippen LogP contribution in [0.25, 0.3) is 0 Å². The van der Waals surface area contributed by atoms with E-state index < -0.39 is 18.0 Å². The Morgan fingerprint density at radius 2 is 1.84 bits per heavy atom. The number of anilines is 2. The van der Waals surface area contributed by atoms with E-state index in [1.54, 1.807) is 42.5 Å². The molecule has 11 nitrogen and oxygen atoms in total. The molecule has 196 valence electrons. The van der Waals surface area contributed by atoms with Crippen molar-refractivity contribution in [1.82, 2.24) is 14.5 Å². The van der Waals surface area contributed by atoms with E-state index in [-0.39, 0.29) is 36.9 Å². The smallest absolute Gasteiger partial charge is 0.351 e. The molecule has 2 aromatic carbocycles. The normalized spacial score (nSPS) is 21.4. The molecule has 0 radical (unpaired) electrons. The molecule has 0 saturated carbocycles. The first-order chi connectivity index (χ1) is 18.4. The number of para-hydroxylation sites is 1. The number of ether oxygens (including phenoxy) is 3. The summed E-state index contributed by atoms with van der Waals surface area (Å²) in [7, 11) is 0. The van der Waals surface area contributed by atoms with Gasteiger partial charge in [-0.1, -0.05) is 31.5 Å². The van der Waals surface area contributed by atoms with E-state index in [0.717, 1.165) is 11.3 Å². The average Bonchev–Trinajstić information content (AvgIpc) is 3.39. The highest BCUT2D eigenvalue weighted by atomic mass is 16.5. The summed E-state index contributed by atoms with van der Waals surface area (Å²) in [4.78, 5) is 43.3. The van der Waals surface area contributed by atoms with Gasteiger partial charge in [0, 0.05) is 6.42 Å². The SMILES string of the molecule is CCCC1OC(n2cc3c(nc2=O)Nc2c(OCCN4C(=O)c5ccccc5C4=O)cccc2O3)CC1O. The minimum Gasteiger partial charge on any atom is -0.489 e. The zero-order valence-corrected chi connectivity index (χ0v) is 20.6. The predicted octanol–water partition coefficient (Wildman–Crippen LogP) is 3.22. The maximum Gasteiger partial charge on any atom is 0.351 e. The topological polar surface area (TPSA) is 132 Å². The highest BCUT2D eigenvalue weighted by molar-refractivity contribution is 6.21. The van der Waals surface area contributed by atoms with Crippen LogP contribution in [0.15, 0.2) is 53.5 Å². The fourth-order valence-corrected chi connectivity index (χ4v) is 5.02. The molecule has 3 aliphatic heterocycles. The number of carbonyl (C=O) groups excluding carboxylic acids is 2. The molecule has 0 spiro atoms. The number of fused-ring (bicyclic) bond motifs is 3. The van der Waals surface area contributed by atoms with Gasteiger partial charge in [0.1, 0.15) is 24.3 Å². The Morgan fingerprint density at radius 1 is 1.08 bits per heavy atom. The number of rotatable bonds is 7. The second kappa shape index (κ2) is 9.58. The highest BCUT2D eigenvalue weighted by Gasteiger charge is 2.36. The number of hydrogen-bond acceptors (Lipinski definition) is 9. The molecule has 3 aliphatic rings. The van der Waals surface area contributed by atoms with Crippen LogP contribution < -0.4 is 20.5 Å². The summed E-state index contributed by atoms with van der Waals surface area (Å²) in [5, 5.41) is 13.4. The number of nitrogens with one attached hydrogen (secondary N) is 1. The zero-order valence-electron chi connectivity index (χ0n) is 20.6. The third-order valence-corrected chi connectivity index (χ3v) is 6.91. The van der Waals surface area contributed by atoms with Gasteiger partial charge in [-0.15, -0.1) is 0 Å². The van der Waals surface area contributed by atoms with Gasteiger partial charge in [-0.2, -0.15) is 4.98 Å². The lowest BCUT2D eigenvalue weighted by molar-refractivity contribution is -0.0245. The monoisotopic (exact) mass is 518 g/mol. The molecule has 1 fully saturated rings. The predicted molar refractivity (Wildman–Crippen MR) is 135 cm³/mol. The van der Waals surface area contributed by atoms with E-state index in [1.165, 1.54) is 10.8 Å². The van der Waals surface area contributed by atoms with Crippen LogP contribution in [0.1, 0.15) is 53.1 Å². The van der Waals surface area contributed by atoms with E-state index in [0.29, 0.717) is 46.9 Å². The molecule has 2 amide bonds. The largest absolute Gasteiger partial charge is 0.489 e. The lowest BCUT2D eigenvalue weighted by Crippen LogP contribution is -2.33. The average molecular weight is 519 g/mol. The fraction of sp³-hybridized carbons (Fsp3) is 0.333. The summed E-state index contributed by atoms with van der Waals surface area (Å²) >= 11 is 0. The van der Waals surface area contributed by atoms with Gasteiger partial charge in [0.2, 0.25) is 0 Å². The first kappa shape index (κ1) is 24.1. The summed E-state index contributed by atoms with van der Waals surface area (Å²) in [6, 6.07) is 11.9. The van der Waals surface area contributed by atoms with E-state index in [2.05, 4.69) is 10.3 Å². The van der Waals surface area contributed by atoms with Gasteiger partial charge in [-0.25, -0.2) is 4.79 Å². The van der Waals surface area contributed by atoms with Gasteiger partial charge in [-0.05, 0) is 30.7 Å². The number of aromatic nitrogens is 2. The first-order valence-corrected chi connectivity index (χ1v) is 12.6. The summed E-state index contributed by atoms with van der Waals surface area (Å²) in [5.74, 6) is 0.732. The number of nitrogens with zero attached hydrogens (tertiary/aromatic N) is 3. The van der Waals surface area contributed by atoms with Crippen molar-refractivity contribution in [2.24, 2.45) is 0 Å². The molecule has 11 heteroatoms. The zero-order chi connectivity index (χ0) is 26.4. The van der Waals surface area contributed by atoms with Crippen LogP contribution in [-0.2, 0) is 4.74 Å². The van der Waals surface area contributed by atoms with Crippen molar-refractivity contribution in [3.63, 3.8) is 0 Å². The summed E-state index contributed by atoms with van der Waals surface area (Å²) < 4.78 is 19.2. The molecule has 1 aromatic heterocycles. The Bertz CT molecular complexity index is 1450. The second-order valence-corrected chi connectivity index (χ2v) is 9.38. The number of hydrogen-bond donors (Lipinski definition) is 2. The van der Waals surface area contributed by atoms with Gasteiger partial charge in [0.25, 0.3) is 11.8 Å². The molecule has 38 heavy (non-hydrogen) atoms. The Balaban J connectivity index is 1.16. The molecular formula is C27H26N4O7. The van der Waals surface area contributed by atoms with Crippen LogP contribution in [0.4, 0.5) is 11.5 Å². The Hall–Kier alpha value is -4.22.